The zero-order chi connectivity index (χ0) is 41.4. The van der Waals surface area contributed by atoms with Crippen LogP contribution < -0.4 is 0 Å². The van der Waals surface area contributed by atoms with Gasteiger partial charge in [-0.2, -0.15) is 9.97 Å². The van der Waals surface area contributed by atoms with Gasteiger partial charge in [-0.1, -0.05) is 164 Å². The first kappa shape index (κ1) is 35.1. The van der Waals surface area contributed by atoms with Gasteiger partial charge in [0.05, 0.1) is 27.8 Å². The quantitative estimate of drug-likeness (QED) is 0.167. The van der Waals surface area contributed by atoms with E-state index in [9.17, 15) is 0 Å². The summed E-state index contributed by atoms with van der Waals surface area (Å²) in [5.74, 6) is 2.28. The molecule has 0 saturated heterocycles. The van der Waals surface area contributed by atoms with E-state index in [2.05, 4.69) is 161 Å². The lowest BCUT2D eigenvalue weighted by Gasteiger charge is -2.13. The summed E-state index contributed by atoms with van der Waals surface area (Å²) in [6.45, 7) is 0. The average molecular weight is 807 g/mol. The molecule has 0 fully saturated rings. The van der Waals surface area contributed by atoms with Gasteiger partial charge in [-0.3, -0.25) is 4.57 Å². The molecule has 0 aliphatic carbocycles. The third kappa shape index (κ3) is 5.60. The van der Waals surface area contributed by atoms with Crippen molar-refractivity contribution in [3.8, 4) is 57.0 Å². The standard InChI is InChI=1S/C56H34N6O/c1-3-15-37(16-4-1)53-58-54(38-29-26-36(27-30-38)41-31-28-35-14-7-8-19-40(35)34-41)60-56(59-53)62-48-24-12-10-21-43(48)45-33-32-44-42-20-9-11-23-47(42)61(50(44)51(45)62)49-25-13-22-46-52(49)63-55(57-46)39-17-5-2-6-18-39/h1-34H. The first-order chi connectivity index (χ1) is 31.2. The minimum atomic E-state index is 0.525. The molecule has 0 saturated carbocycles. The largest absolute Gasteiger partial charge is 0.434 e. The second-order valence-electron chi connectivity index (χ2n) is 15.9. The summed E-state index contributed by atoms with van der Waals surface area (Å²) in [6.07, 6.45) is 0. The molecule has 9 aromatic carbocycles. The smallest absolute Gasteiger partial charge is 0.238 e. The van der Waals surface area contributed by atoms with Crippen LogP contribution in [-0.4, -0.2) is 29.1 Å². The molecule has 0 aliphatic heterocycles. The molecule has 7 heteroatoms. The molecule has 4 heterocycles. The molecule has 0 aliphatic rings. The summed E-state index contributed by atoms with van der Waals surface area (Å²) in [4.78, 5) is 20.8. The van der Waals surface area contributed by atoms with Crippen molar-refractivity contribution in [2.75, 3.05) is 0 Å². The molecule has 7 nitrogen and oxygen atoms in total. The molecular weight excluding hydrogens is 773 g/mol. The number of hydrogen-bond donors (Lipinski definition) is 0. The molecule has 0 radical (unpaired) electrons. The minimum Gasteiger partial charge on any atom is -0.434 e. The fourth-order valence-corrected chi connectivity index (χ4v) is 9.26. The van der Waals surface area contributed by atoms with E-state index in [4.69, 9.17) is 24.4 Å². The summed E-state index contributed by atoms with van der Waals surface area (Å²) in [5.41, 5.74) is 11.4. The van der Waals surface area contributed by atoms with Gasteiger partial charge in [-0.05, 0) is 64.4 Å². The lowest BCUT2D eigenvalue weighted by atomic mass is 10.0. The highest BCUT2D eigenvalue weighted by Gasteiger charge is 2.25. The van der Waals surface area contributed by atoms with E-state index in [1.165, 1.54) is 10.8 Å². The Morgan fingerprint density at radius 1 is 0.349 bits per heavy atom. The van der Waals surface area contributed by atoms with Gasteiger partial charge in [0, 0.05) is 38.2 Å². The van der Waals surface area contributed by atoms with E-state index in [1.807, 2.05) is 54.6 Å². The van der Waals surface area contributed by atoms with Gasteiger partial charge in [-0.15, -0.1) is 0 Å². The molecular formula is C56H34N6O. The second kappa shape index (κ2) is 13.9. The second-order valence-corrected chi connectivity index (χ2v) is 15.9. The number of hydrogen-bond acceptors (Lipinski definition) is 5. The maximum atomic E-state index is 6.71. The maximum Gasteiger partial charge on any atom is 0.238 e. The number of oxazole rings is 1. The molecule has 294 valence electrons. The zero-order valence-electron chi connectivity index (χ0n) is 33.7. The summed E-state index contributed by atoms with van der Waals surface area (Å²) in [7, 11) is 0. The van der Waals surface area contributed by atoms with Crippen LogP contribution in [0.4, 0.5) is 0 Å². The first-order valence-corrected chi connectivity index (χ1v) is 21.1. The Balaban J connectivity index is 1.08. The van der Waals surface area contributed by atoms with Gasteiger partial charge >= 0.3 is 0 Å². The van der Waals surface area contributed by atoms with Crippen LogP contribution >= 0.6 is 0 Å². The lowest BCUT2D eigenvalue weighted by molar-refractivity contribution is 0.618. The Labute approximate surface area is 360 Å². The Morgan fingerprint density at radius 2 is 0.905 bits per heavy atom. The normalized spacial score (nSPS) is 11.8. The van der Waals surface area contributed by atoms with Crippen LogP contribution in [0.2, 0.25) is 0 Å². The van der Waals surface area contributed by atoms with E-state index in [0.717, 1.165) is 82.6 Å². The van der Waals surface area contributed by atoms with Crippen molar-refractivity contribution < 1.29 is 4.42 Å². The van der Waals surface area contributed by atoms with Crippen molar-refractivity contribution >= 4 is 65.5 Å². The first-order valence-electron chi connectivity index (χ1n) is 21.1. The van der Waals surface area contributed by atoms with Gasteiger partial charge in [0.15, 0.2) is 17.2 Å². The van der Waals surface area contributed by atoms with Crippen LogP contribution in [0.5, 0.6) is 0 Å². The number of nitrogens with zero attached hydrogens (tertiary/aromatic N) is 6. The molecule has 4 aromatic heterocycles. The Bertz CT molecular complexity index is 3900. The van der Waals surface area contributed by atoms with Gasteiger partial charge in [0.25, 0.3) is 0 Å². The summed E-state index contributed by atoms with van der Waals surface area (Å²) < 4.78 is 11.3. The zero-order valence-corrected chi connectivity index (χ0v) is 33.7. The molecule has 63 heavy (non-hydrogen) atoms. The Kier molecular flexibility index (Phi) is 7.77. The van der Waals surface area contributed by atoms with Crippen molar-refractivity contribution in [2.45, 2.75) is 0 Å². The number of aromatic nitrogens is 6. The number of benzene rings is 9. The van der Waals surface area contributed by atoms with Gasteiger partial charge < -0.3 is 8.98 Å². The monoisotopic (exact) mass is 806 g/mol. The average Bonchev–Trinajstić information content (AvgIpc) is 4.05. The summed E-state index contributed by atoms with van der Waals surface area (Å²) in [5, 5.41) is 6.84. The number of rotatable bonds is 6. The lowest BCUT2D eigenvalue weighted by Crippen LogP contribution is -2.07. The third-order valence-electron chi connectivity index (χ3n) is 12.2. The molecule has 13 aromatic rings. The topological polar surface area (TPSA) is 74.6 Å². The Hall–Kier alpha value is -8.68. The predicted molar refractivity (Wildman–Crippen MR) is 255 cm³/mol. The molecule has 0 unspecified atom stereocenters. The minimum absolute atomic E-state index is 0.525. The highest BCUT2D eigenvalue weighted by Crippen LogP contribution is 2.43. The molecule has 0 bridgehead atoms. The summed E-state index contributed by atoms with van der Waals surface area (Å²) >= 11 is 0. The third-order valence-corrected chi connectivity index (χ3v) is 12.2. The van der Waals surface area contributed by atoms with Crippen LogP contribution in [0.1, 0.15) is 0 Å². The van der Waals surface area contributed by atoms with Crippen LogP contribution in [0.15, 0.2) is 211 Å². The van der Waals surface area contributed by atoms with E-state index >= 15 is 0 Å². The van der Waals surface area contributed by atoms with Gasteiger partial charge in [0.1, 0.15) is 5.52 Å². The van der Waals surface area contributed by atoms with Crippen LogP contribution in [0, 0.1) is 0 Å². The fraction of sp³-hybridized carbons (Fsp3) is 0. The molecule has 0 N–H and O–H groups in total. The van der Waals surface area contributed by atoms with Crippen LogP contribution in [-0.2, 0) is 0 Å². The van der Waals surface area contributed by atoms with Crippen molar-refractivity contribution in [1.82, 2.24) is 29.1 Å². The molecule has 13 rings (SSSR count). The molecule has 0 amide bonds. The van der Waals surface area contributed by atoms with Crippen molar-refractivity contribution in [3.05, 3.63) is 206 Å². The fourth-order valence-electron chi connectivity index (χ4n) is 9.26. The van der Waals surface area contributed by atoms with Gasteiger partial charge in [-0.25, -0.2) is 9.97 Å². The van der Waals surface area contributed by atoms with Crippen molar-refractivity contribution in [1.29, 1.82) is 0 Å². The Morgan fingerprint density at radius 3 is 1.62 bits per heavy atom. The van der Waals surface area contributed by atoms with E-state index in [0.29, 0.717) is 29.1 Å². The maximum absolute atomic E-state index is 6.71. The van der Waals surface area contributed by atoms with Gasteiger partial charge in [0.2, 0.25) is 11.8 Å². The van der Waals surface area contributed by atoms with Crippen molar-refractivity contribution in [3.63, 3.8) is 0 Å². The van der Waals surface area contributed by atoms with Crippen LogP contribution in [0.25, 0.3) is 122 Å². The predicted octanol–water partition coefficient (Wildman–Crippen LogP) is 14.0. The highest BCUT2D eigenvalue weighted by molar-refractivity contribution is 6.24. The highest BCUT2D eigenvalue weighted by atomic mass is 16.3. The SMILES string of the molecule is c1ccc(-c2nc(-c3ccc(-c4ccc5ccccc5c4)cc3)nc(-n3c4ccccc4c4ccc5c6ccccc6n(-c6cccc7nc(-c8ccccc8)oc67)c5c43)n2)cc1. The van der Waals surface area contributed by atoms with Crippen LogP contribution in [0.3, 0.4) is 0 Å². The van der Waals surface area contributed by atoms with E-state index < -0.39 is 0 Å². The molecule has 0 spiro atoms. The summed E-state index contributed by atoms with van der Waals surface area (Å²) in [6, 6.07) is 71.6. The number of para-hydroxylation sites is 3. The molecule has 0 atom stereocenters. The van der Waals surface area contributed by atoms with E-state index in [-0.39, 0.29) is 0 Å². The van der Waals surface area contributed by atoms with Crippen molar-refractivity contribution in [2.24, 2.45) is 0 Å². The van der Waals surface area contributed by atoms with E-state index in [1.54, 1.807) is 0 Å². The number of fused-ring (bicyclic) bond motifs is 9.